The van der Waals surface area contributed by atoms with Crippen molar-refractivity contribution < 1.29 is 18.3 Å². The van der Waals surface area contributed by atoms with Crippen LogP contribution in [0.3, 0.4) is 0 Å². The van der Waals surface area contributed by atoms with Crippen LogP contribution in [0.2, 0.25) is 0 Å². The number of fused-ring (bicyclic) bond motifs is 1. The number of hydrogen-bond acceptors (Lipinski definition) is 6. The van der Waals surface area contributed by atoms with Crippen molar-refractivity contribution >= 4 is 38.3 Å². The third kappa shape index (κ3) is 3.43. The summed E-state index contributed by atoms with van der Waals surface area (Å²) in [5.74, 6) is -0.968. The van der Waals surface area contributed by atoms with Crippen molar-refractivity contribution in [2.24, 2.45) is 0 Å². The number of benzene rings is 1. The minimum atomic E-state index is -3.34. The SMILES string of the molecule is CC(C)S(=O)(=O)c1ccc(-c2cnc3[nH]cc(-c4csc(C(=O)O)c4)c3n2)cc1. The van der Waals surface area contributed by atoms with Crippen molar-refractivity contribution in [3.63, 3.8) is 0 Å². The quantitative estimate of drug-likeness (QED) is 0.493. The fourth-order valence-corrected chi connectivity index (χ4v) is 4.73. The summed E-state index contributed by atoms with van der Waals surface area (Å²) >= 11 is 1.15. The van der Waals surface area contributed by atoms with Crippen LogP contribution in [0.5, 0.6) is 0 Å². The van der Waals surface area contributed by atoms with Crippen LogP contribution in [0.15, 0.2) is 53.0 Å². The van der Waals surface area contributed by atoms with E-state index in [4.69, 9.17) is 5.11 Å². The molecule has 29 heavy (non-hydrogen) atoms. The van der Waals surface area contributed by atoms with E-state index in [0.29, 0.717) is 16.9 Å². The van der Waals surface area contributed by atoms with Gasteiger partial charge in [0.25, 0.3) is 0 Å². The lowest BCUT2D eigenvalue weighted by Crippen LogP contribution is -2.13. The van der Waals surface area contributed by atoms with Gasteiger partial charge in [0.05, 0.1) is 22.0 Å². The molecule has 0 saturated carbocycles. The number of hydrogen-bond donors (Lipinski definition) is 2. The first-order valence-electron chi connectivity index (χ1n) is 8.78. The Morgan fingerprint density at radius 1 is 1.17 bits per heavy atom. The van der Waals surface area contributed by atoms with Crippen LogP contribution in [0, 0.1) is 0 Å². The number of carboxylic acid groups (broad SMARTS) is 1. The minimum absolute atomic E-state index is 0.250. The highest BCUT2D eigenvalue weighted by Crippen LogP contribution is 2.32. The molecule has 0 saturated heterocycles. The van der Waals surface area contributed by atoms with Crippen molar-refractivity contribution in [3.05, 3.63) is 53.0 Å². The number of aromatic amines is 1. The van der Waals surface area contributed by atoms with Crippen LogP contribution in [0.4, 0.5) is 0 Å². The van der Waals surface area contributed by atoms with Crippen LogP contribution in [0.25, 0.3) is 33.5 Å². The lowest BCUT2D eigenvalue weighted by Gasteiger charge is -2.08. The van der Waals surface area contributed by atoms with E-state index >= 15 is 0 Å². The molecule has 0 amide bonds. The molecule has 4 aromatic rings. The van der Waals surface area contributed by atoms with Gasteiger partial charge in [0, 0.05) is 17.3 Å². The molecule has 0 aliphatic rings. The average molecular weight is 428 g/mol. The van der Waals surface area contributed by atoms with Gasteiger partial charge in [0.15, 0.2) is 15.5 Å². The minimum Gasteiger partial charge on any atom is -0.477 e. The molecule has 0 fully saturated rings. The summed E-state index contributed by atoms with van der Waals surface area (Å²) in [5.41, 5.74) is 4.06. The van der Waals surface area contributed by atoms with Gasteiger partial charge in [-0.3, -0.25) is 0 Å². The number of nitrogens with zero attached hydrogens (tertiary/aromatic N) is 2. The maximum Gasteiger partial charge on any atom is 0.345 e. The number of thiophene rings is 1. The van der Waals surface area contributed by atoms with Gasteiger partial charge >= 0.3 is 5.97 Å². The summed E-state index contributed by atoms with van der Waals surface area (Å²) in [5, 5.41) is 10.4. The molecule has 0 unspecified atom stereocenters. The lowest BCUT2D eigenvalue weighted by molar-refractivity contribution is 0.0702. The molecule has 0 radical (unpaired) electrons. The molecule has 2 N–H and O–H groups in total. The first kappa shape index (κ1) is 19.3. The zero-order chi connectivity index (χ0) is 20.8. The predicted octanol–water partition coefficient (Wildman–Crippen LogP) is 4.23. The van der Waals surface area contributed by atoms with E-state index in [2.05, 4.69) is 15.0 Å². The monoisotopic (exact) mass is 427 g/mol. The molecule has 0 aliphatic heterocycles. The average Bonchev–Trinajstić information content (AvgIpc) is 3.34. The van der Waals surface area contributed by atoms with Gasteiger partial charge in [0.1, 0.15) is 10.4 Å². The topological polar surface area (TPSA) is 113 Å². The number of aromatic nitrogens is 3. The van der Waals surface area contributed by atoms with E-state index in [9.17, 15) is 13.2 Å². The molecule has 148 valence electrons. The van der Waals surface area contributed by atoms with E-state index in [1.54, 1.807) is 62.0 Å². The molecule has 0 aliphatic carbocycles. The highest BCUT2D eigenvalue weighted by molar-refractivity contribution is 7.92. The Hall–Kier alpha value is -3.04. The van der Waals surface area contributed by atoms with E-state index in [1.807, 2.05) is 0 Å². The molecule has 4 rings (SSSR count). The van der Waals surface area contributed by atoms with Gasteiger partial charge in [-0.25, -0.2) is 23.2 Å². The summed E-state index contributed by atoms with van der Waals surface area (Å²) in [6.45, 7) is 3.30. The second-order valence-electron chi connectivity index (χ2n) is 6.78. The third-order valence-electron chi connectivity index (χ3n) is 4.60. The Morgan fingerprint density at radius 3 is 2.52 bits per heavy atom. The van der Waals surface area contributed by atoms with Crippen LogP contribution in [-0.4, -0.2) is 39.7 Å². The summed E-state index contributed by atoms with van der Waals surface area (Å²) in [6, 6.07) is 8.18. The molecular weight excluding hydrogens is 410 g/mol. The van der Waals surface area contributed by atoms with Gasteiger partial charge in [-0.2, -0.15) is 0 Å². The van der Waals surface area contributed by atoms with Gasteiger partial charge in [-0.15, -0.1) is 11.3 Å². The first-order valence-corrected chi connectivity index (χ1v) is 11.2. The number of carbonyl (C=O) groups is 1. The summed E-state index contributed by atoms with van der Waals surface area (Å²) in [6.07, 6.45) is 3.37. The maximum absolute atomic E-state index is 12.3. The smallest absolute Gasteiger partial charge is 0.345 e. The number of nitrogens with one attached hydrogen (secondary N) is 1. The van der Waals surface area contributed by atoms with Crippen LogP contribution in [-0.2, 0) is 9.84 Å². The fraction of sp³-hybridized carbons (Fsp3) is 0.150. The normalized spacial score (nSPS) is 12.0. The highest BCUT2D eigenvalue weighted by atomic mass is 32.2. The van der Waals surface area contributed by atoms with Gasteiger partial charge < -0.3 is 10.1 Å². The Balaban J connectivity index is 1.75. The van der Waals surface area contributed by atoms with Crippen molar-refractivity contribution in [3.8, 4) is 22.4 Å². The molecule has 9 heteroatoms. The number of aromatic carboxylic acids is 1. The number of rotatable bonds is 5. The number of H-pyrrole nitrogens is 1. The molecule has 0 atom stereocenters. The number of sulfone groups is 1. The second kappa shape index (κ2) is 7.09. The Kier molecular flexibility index (Phi) is 4.71. The van der Waals surface area contributed by atoms with E-state index in [-0.39, 0.29) is 9.77 Å². The standard InChI is InChI=1S/C20H17N3O4S2/c1-11(2)29(26,27)14-5-3-12(4-6-14)16-9-22-19-18(23-16)15(8-21-19)13-7-17(20(24)25)28-10-13/h3-11H,1-2H3,(H,21,22)(H,24,25). The predicted molar refractivity (Wildman–Crippen MR) is 112 cm³/mol. The Morgan fingerprint density at radius 2 is 1.90 bits per heavy atom. The van der Waals surface area contributed by atoms with E-state index in [1.165, 1.54) is 0 Å². The van der Waals surface area contributed by atoms with Crippen molar-refractivity contribution in [1.82, 2.24) is 15.0 Å². The molecule has 0 spiro atoms. The first-order chi connectivity index (χ1) is 13.8. The largest absolute Gasteiger partial charge is 0.477 e. The Bertz CT molecular complexity index is 1320. The molecule has 3 aromatic heterocycles. The van der Waals surface area contributed by atoms with E-state index in [0.717, 1.165) is 28.0 Å². The zero-order valence-corrected chi connectivity index (χ0v) is 17.2. The zero-order valence-electron chi connectivity index (χ0n) is 15.6. The number of carboxylic acids is 1. The molecule has 3 heterocycles. The molecule has 0 bridgehead atoms. The van der Waals surface area contributed by atoms with Gasteiger partial charge in [-0.1, -0.05) is 12.1 Å². The van der Waals surface area contributed by atoms with Crippen molar-refractivity contribution in [1.29, 1.82) is 0 Å². The molecule has 7 nitrogen and oxygen atoms in total. The van der Waals surface area contributed by atoms with Gasteiger partial charge in [0.2, 0.25) is 0 Å². The van der Waals surface area contributed by atoms with Crippen LogP contribution in [0.1, 0.15) is 23.5 Å². The second-order valence-corrected chi connectivity index (χ2v) is 10.2. The van der Waals surface area contributed by atoms with E-state index < -0.39 is 21.1 Å². The Labute approximate surface area is 171 Å². The fourth-order valence-electron chi connectivity index (χ4n) is 2.93. The maximum atomic E-state index is 12.3. The van der Waals surface area contributed by atoms with Crippen LogP contribution >= 0.6 is 11.3 Å². The third-order valence-corrected chi connectivity index (χ3v) is 7.69. The molecular formula is C20H17N3O4S2. The highest BCUT2D eigenvalue weighted by Gasteiger charge is 2.19. The lowest BCUT2D eigenvalue weighted by atomic mass is 10.1. The summed E-state index contributed by atoms with van der Waals surface area (Å²) in [4.78, 5) is 23.8. The summed E-state index contributed by atoms with van der Waals surface area (Å²) in [7, 11) is -3.34. The molecule has 1 aromatic carbocycles. The summed E-state index contributed by atoms with van der Waals surface area (Å²) < 4.78 is 24.6. The van der Waals surface area contributed by atoms with Crippen molar-refractivity contribution in [2.75, 3.05) is 0 Å². The van der Waals surface area contributed by atoms with Gasteiger partial charge in [-0.05, 0) is 43.0 Å². The van der Waals surface area contributed by atoms with Crippen LogP contribution < -0.4 is 0 Å². The van der Waals surface area contributed by atoms with Crippen molar-refractivity contribution in [2.45, 2.75) is 24.0 Å².